The van der Waals surface area contributed by atoms with Gasteiger partial charge < -0.3 is 45.3 Å². The van der Waals surface area contributed by atoms with Gasteiger partial charge in [0, 0.05) is 19.4 Å². The fraction of sp³-hybridized carbons (Fsp3) is 0.264. The van der Waals surface area contributed by atoms with Crippen LogP contribution in [0.5, 0.6) is 17.2 Å². The minimum Gasteiger partial charge on any atom is -0.489 e. The lowest BCUT2D eigenvalue weighted by Crippen LogP contribution is -2.52. The van der Waals surface area contributed by atoms with Gasteiger partial charge >= 0.3 is 11.9 Å². The van der Waals surface area contributed by atoms with E-state index in [1.165, 1.54) is 7.05 Å². The molecule has 0 aliphatic heterocycles. The molecule has 368 valence electrons. The predicted molar refractivity (Wildman–Crippen MR) is 251 cm³/mol. The Morgan fingerprint density at radius 2 is 0.986 bits per heavy atom. The highest BCUT2D eigenvalue weighted by Gasteiger charge is 2.32. The molecular formula is C53H53F5N4O8. The molecule has 6 aromatic carbocycles. The number of halogens is 5. The molecule has 6 aromatic rings. The zero-order valence-corrected chi connectivity index (χ0v) is 38.6. The van der Waals surface area contributed by atoms with Crippen LogP contribution in [-0.4, -0.2) is 74.9 Å². The topological polar surface area (TPSA) is 156 Å². The lowest BCUT2D eigenvalue weighted by atomic mass is 9.95. The van der Waals surface area contributed by atoms with E-state index in [0.717, 1.165) is 16.7 Å². The fourth-order valence-electron chi connectivity index (χ4n) is 7.42. The van der Waals surface area contributed by atoms with Crippen molar-refractivity contribution in [2.24, 2.45) is 0 Å². The number of carbonyl (C=O) groups excluding carboxylic acids is 3. The Bertz CT molecular complexity index is 2670. The maximum atomic E-state index is 14.6. The molecule has 17 heteroatoms. The Labute approximate surface area is 402 Å². The van der Waals surface area contributed by atoms with Crippen molar-refractivity contribution in [3.05, 3.63) is 184 Å². The molecule has 12 nitrogen and oxygen atoms in total. The summed E-state index contributed by atoms with van der Waals surface area (Å²) in [6.07, 6.45) is -1.23. The third-order valence-electron chi connectivity index (χ3n) is 11.2. The SMILES string of the molecule is CNC[C@H](O)C[C@H](NC)C(=O)N[C@@H](Cc1cc(-c2ccc(OCc3ccccc3)c(C[C@H](NC)C(=O)Oc3c(F)c(F)c(F)c(F)c3F)c2)ccc1OCc1ccccc1)C(=O)OCc1ccccc1. The molecule has 0 bridgehead atoms. The summed E-state index contributed by atoms with van der Waals surface area (Å²) in [6, 6.07) is 34.4. The third kappa shape index (κ3) is 14.0. The molecule has 0 heterocycles. The number of rotatable bonds is 24. The van der Waals surface area contributed by atoms with Crippen LogP contribution in [0.15, 0.2) is 127 Å². The first-order valence-corrected chi connectivity index (χ1v) is 22.3. The van der Waals surface area contributed by atoms with Gasteiger partial charge in [-0.3, -0.25) is 4.79 Å². The number of esters is 2. The Morgan fingerprint density at radius 3 is 1.44 bits per heavy atom. The van der Waals surface area contributed by atoms with Crippen LogP contribution in [0.25, 0.3) is 11.1 Å². The second kappa shape index (κ2) is 25.4. The van der Waals surface area contributed by atoms with Crippen molar-refractivity contribution in [2.75, 3.05) is 27.7 Å². The Hall–Kier alpha value is -7.18. The molecule has 0 saturated carbocycles. The molecule has 70 heavy (non-hydrogen) atoms. The summed E-state index contributed by atoms with van der Waals surface area (Å²) in [5.74, 6) is -15.3. The number of carbonyl (C=O) groups is 3. The van der Waals surface area contributed by atoms with Gasteiger partial charge in [-0.15, -0.1) is 0 Å². The number of amides is 1. The van der Waals surface area contributed by atoms with Crippen molar-refractivity contribution in [3.8, 4) is 28.4 Å². The van der Waals surface area contributed by atoms with E-state index >= 15 is 0 Å². The van der Waals surface area contributed by atoms with Gasteiger partial charge in [0.25, 0.3) is 0 Å². The lowest BCUT2D eigenvalue weighted by Gasteiger charge is -2.24. The van der Waals surface area contributed by atoms with Gasteiger partial charge in [-0.2, -0.15) is 8.78 Å². The molecule has 0 saturated heterocycles. The van der Waals surface area contributed by atoms with Crippen molar-refractivity contribution in [2.45, 2.75) is 63.3 Å². The Morgan fingerprint density at radius 1 is 0.543 bits per heavy atom. The highest BCUT2D eigenvalue weighted by Crippen LogP contribution is 2.34. The van der Waals surface area contributed by atoms with Crippen LogP contribution in [0.4, 0.5) is 22.0 Å². The van der Waals surface area contributed by atoms with Crippen molar-refractivity contribution in [3.63, 3.8) is 0 Å². The van der Waals surface area contributed by atoms with Crippen LogP contribution in [-0.2, 0) is 51.8 Å². The summed E-state index contributed by atoms with van der Waals surface area (Å²) >= 11 is 0. The van der Waals surface area contributed by atoms with Crippen LogP contribution in [0.2, 0.25) is 0 Å². The highest BCUT2D eigenvalue weighted by molar-refractivity contribution is 5.88. The minimum atomic E-state index is -2.40. The van der Waals surface area contributed by atoms with Gasteiger partial charge in [0.05, 0.1) is 12.1 Å². The van der Waals surface area contributed by atoms with Crippen LogP contribution < -0.4 is 35.5 Å². The Kier molecular flexibility index (Phi) is 19.0. The largest absolute Gasteiger partial charge is 0.489 e. The minimum absolute atomic E-state index is 0.0342. The van der Waals surface area contributed by atoms with Crippen molar-refractivity contribution in [1.29, 1.82) is 0 Å². The van der Waals surface area contributed by atoms with Gasteiger partial charge in [-0.05, 0) is 90.8 Å². The number of hydrogen-bond donors (Lipinski definition) is 5. The molecular weight excluding hydrogens is 916 g/mol. The highest BCUT2D eigenvalue weighted by atomic mass is 19.2. The van der Waals surface area contributed by atoms with E-state index in [9.17, 15) is 41.4 Å². The summed E-state index contributed by atoms with van der Waals surface area (Å²) < 4.78 is 94.4. The second-order valence-electron chi connectivity index (χ2n) is 16.2. The number of ether oxygens (including phenoxy) is 4. The monoisotopic (exact) mass is 968 g/mol. The average molecular weight is 969 g/mol. The molecule has 0 aliphatic rings. The van der Waals surface area contributed by atoms with E-state index in [-0.39, 0.29) is 45.6 Å². The molecule has 0 spiro atoms. The van der Waals surface area contributed by atoms with E-state index in [1.54, 1.807) is 74.8 Å². The summed E-state index contributed by atoms with van der Waals surface area (Å²) in [5.41, 5.74) is 4.38. The molecule has 0 aliphatic carbocycles. The van der Waals surface area contributed by atoms with E-state index in [1.807, 2.05) is 66.7 Å². The first-order valence-electron chi connectivity index (χ1n) is 22.3. The maximum Gasteiger partial charge on any atom is 0.329 e. The number of benzene rings is 6. The normalized spacial score (nSPS) is 12.9. The molecule has 0 aromatic heterocycles. The first kappa shape index (κ1) is 52.2. The zero-order chi connectivity index (χ0) is 50.2. The van der Waals surface area contributed by atoms with E-state index < -0.39 is 76.9 Å². The van der Waals surface area contributed by atoms with Crippen LogP contribution in [0.1, 0.15) is 34.2 Å². The summed E-state index contributed by atoms with van der Waals surface area (Å²) in [7, 11) is 4.59. The van der Waals surface area contributed by atoms with Crippen molar-refractivity contribution < 1.29 is 60.4 Å². The van der Waals surface area contributed by atoms with E-state index in [4.69, 9.17) is 18.9 Å². The van der Waals surface area contributed by atoms with E-state index in [2.05, 4.69) is 21.3 Å². The third-order valence-corrected chi connectivity index (χ3v) is 11.2. The number of likely N-dealkylation sites (N-methyl/N-ethyl adjacent to an activating group) is 3. The second-order valence-corrected chi connectivity index (χ2v) is 16.2. The summed E-state index contributed by atoms with van der Waals surface area (Å²) in [6.45, 7) is 0.394. The molecule has 4 atom stereocenters. The number of aliphatic hydroxyl groups is 1. The van der Waals surface area contributed by atoms with Crippen LogP contribution in [0, 0.1) is 29.1 Å². The van der Waals surface area contributed by atoms with Gasteiger partial charge in [-0.25, -0.2) is 22.8 Å². The molecule has 0 radical (unpaired) electrons. The summed E-state index contributed by atoms with van der Waals surface area (Å²) in [5, 5.41) is 21.9. The van der Waals surface area contributed by atoms with Crippen LogP contribution >= 0.6 is 0 Å². The molecule has 0 unspecified atom stereocenters. The van der Waals surface area contributed by atoms with Gasteiger partial charge in [0.2, 0.25) is 40.7 Å². The lowest BCUT2D eigenvalue weighted by molar-refractivity contribution is -0.149. The molecule has 5 N–H and O–H groups in total. The van der Waals surface area contributed by atoms with Crippen molar-refractivity contribution in [1.82, 2.24) is 21.3 Å². The van der Waals surface area contributed by atoms with Gasteiger partial charge in [0.1, 0.15) is 43.4 Å². The first-order chi connectivity index (χ1) is 33.8. The zero-order valence-electron chi connectivity index (χ0n) is 38.6. The maximum absolute atomic E-state index is 14.6. The molecule has 6 rings (SSSR count). The fourth-order valence-corrected chi connectivity index (χ4v) is 7.42. The standard InChI is InChI=1S/C53H53F5N4O8/c1-59-28-39(63)27-40(60-2)51(64)62-42(52(65)69-31-34-17-11-6-12-18-34)26-38-24-36(20-22-44(38)68-30-33-15-9-5-10-16-33)35-19-21-43(67-29-32-13-7-4-8-14-32)37(23-35)25-41(61-3)53(66)70-50-48(57)46(55)45(54)47(56)49(50)58/h4-24,39-42,59-61,63H,25-31H2,1-3H3,(H,62,64)/t39-,40+,41+,42+/m1/s1. The van der Waals surface area contributed by atoms with E-state index in [0.29, 0.717) is 33.8 Å². The summed E-state index contributed by atoms with van der Waals surface area (Å²) in [4.78, 5) is 41.4. The number of aliphatic hydroxyl groups excluding tert-OH is 1. The quantitative estimate of drug-likeness (QED) is 0.0137. The van der Waals surface area contributed by atoms with Gasteiger partial charge in [-0.1, -0.05) is 103 Å². The molecule has 1 amide bonds. The molecule has 0 fully saturated rings. The Balaban J connectivity index is 1.37. The van der Waals surface area contributed by atoms with Gasteiger partial charge in [0.15, 0.2) is 0 Å². The average Bonchev–Trinajstić information content (AvgIpc) is 3.38. The predicted octanol–water partition coefficient (Wildman–Crippen LogP) is 7.27. The number of nitrogens with one attached hydrogen (secondary N) is 4. The smallest absolute Gasteiger partial charge is 0.329 e. The van der Waals surface area contributed by atoms with Crippen molar-refractivity contribution >= 4 is 17.8 Å². The number of hydrogen-bond acceptors (Lipinski definition) is 11. The van der Waals surface area contributed by atoms with Crippen LogP contribution in [0.3, 0.4) is 0 Å².